The summed E-state index contributed by atoms with van der Waals surface area (Å²) in [4.78, 5) is 17.8. The molecule has 1 saturated heterocycles. The second-order valence-corrected chi connectivity index (χ2v) is 3.81. The van der Waals surface area contributed by atoms with Crippen LogP contribution in [0.1, 0.15) is 23.2 Å². The van der Waals surface area contributed by atoms with Gasteiger partial charge in [-0.15, -0.1) is 0 Å². The molecule has 1 aliphatic heterocycles. The van der Waals surface area contributed by atoms with E-state index in [1.54, 1.807) is 6.92 Å². The van der Waals surface area contributed by atoms with Gasteiger partial charge in [0, 0.05) is 25.7 Å². The molecule has 82 valence electrons. The van der Waals surface area contributed by atoms with Gasteiger partial charge in [0.1, 0.15) is 5.76 Å². The number of carbonyl (C=O) groups excluding carboxylic acids is 1. The first-order valence-electron chi connectivity index (χ1n) is 5.12. The number of nitrogens with one attached hydrogen (secondary N) is 1. The second-order valence-electron chi connectivity index (χ2n) is 3.81. The van der Waals surface area contributed by atoms with E-state index in [4.69, 9.17) is 4.42 Å². The summed E-state index contributed by atoms with van der Waals surface area (Å²) in [6, 6.07) is 0.211. The van der Waals surface area contributed by atoms with E-state index in [2.05, 4.69) is 10.3 Å². The molecule has 5 heteroatoms. The number of nitrogens with zero attached hydrogens (tertiary/aromatic N) is 2. The molecule has 2 rings (SSSR count). The third kappa shape index (κ3) is 1.87. The number of hydrogen-bond acceptors (Lipinski definition) is 4. The fraction of sp³-hybridized carbons (Fsp3) is 0.600. The van der Waals surface area contributed by atoms with Crippen LogP contribution < -0.4 is 5.32 Å². The van der Waals surface area contributed by atoms with E-state index in [1.807, 2.05) is 11.8 Å². The van der Waals surface area contributed by atoms with Crippen molar-refractivity contribution in [2.24, 2.45) is 0 Å². The summed E-state index contributed by atoms with van der Waals surface area (Å²) >= 11 is 0. The van der Waals surface area contributed by atoms with Gasteiger partial charge >= 0.3 is 0 Å². The van der Waals surface area contributed by atoms with Crippen LogP contribution in [0.25, 0.3) is 0 Å². The van der Waals surface area contributed by atoms with Crippen molar-refractivity contribution in [3.05, 3.63) is 17.8 Å². The van der Waals surface area contributed by atoms with Crippen molar-refractivity contribution < 1.29 is 9.21 Å². The zero-order chi connectivity index (χ0) is 10.8. The Hall–Kier alpha value is -1.36. The Labute approximate surface area is 88.5 Å². The maximum atomic E-state index is 12.1. The zero-order valence-corrected chi connectivity index (χ0v) is 8.99. The van der Waals surface area contributed by atoms with Crippen molar-refractivity contribution in [1.29, 1.82) is 0 Å². The van der Waals surface area contributed by atoms with E-state index in [9.17, 15) is 4.79 Å². The molecule has 1 amide bonds. The second kappa shape index (κ2) is 4.02. The van der Waals surface area contributed by atoms with Gasteiger partial charge in [-0.2, -0.15) is 0 Å². The smallest absolute Gasteiger partial charge is 0.276 e. The average molecular weight is 209 g/mol. The van der Waals surface area contributed by atoms with Gasteiger partial charge in [0.15, 0.2) is 12.1 Å². The molecule has 15 heavy (non-hydrogen) atoms. The summed E-state index contributed by atoms with van der Waals surface area (Å²) in [5.74, 6) is 0.556. The molecular formula is C10H15N3O2. The first-order valence-corrected chi connectivity index (χ1v) is 5.12. The van der Waals surface area contributed by atoms with Crippen molar-refractivity contribution in [2.45, 2.75) is 19.9 Å². The number of amides is 1. The molecule has 1 N–H and O–H groups in total. The molecule has 0 aromatic carbocycles. The van der Waals surface area contributed by atoms with Crippen LogP contribution >= 0.6 is 0 Å². The summed E-state index contributed by atoms with van der Waals surface area (Å²) in [6.07, 6.45) is 1.31. The van der Waals surface area contributed by atoms with Crippen molar-refractivity contribution >= 4 is 5.91 Å². The van der Waals surface area contributed by atoms with Gasteiger partial charge in [0.25, 0.3) is 5.91 Å². The number of aryl methyl sites for hydroxylation is 1. The third-order valence-electron chi connectivity index (χ3n) is 2.71. The molecule has 1 aromatic rings. The fourth-order valence-electron chi connectivity index (χ4n) is 1.79. The predicted octanol–water partition coefficient (Wildman–Crippen LogP) is 0.417. The average Bonchev–Trinajstić information content (AvgIpc) is 2.64. The van der Waals surface area contributed by atoms with Gasteiger partial charge in [0.05, 0.1) is 0 Å². The topological polar surface area (TPSA) is 58.4 Å². The highest BCUT2D eigenvalue weighted by Crippen LogP contribution is 2.12. The van der Waals surface area contributed by atoms with Gasteiger partial charge in [-0.25, -0.2) is 4.98 Å². The first-order chi connectivity index (χ1) is 7.20. The van der Waals surface area contributed by atoms with E-state index < -0.39 is 0 Å². The lowest BCUT2D eigenvalue weighted by molar-refractivity contribution is 0.0648. The lowest BCUT2D eigenvalue weighted by Crippen LogP contribution is -2.52. The highest BCUT2D eigenvalue weighted by atomic mass is 16.3. The highest BCUT2D eigenvalue weighted by molar-refractivity contribution is 5.93. The van der Waals surface area contributed by atoms with Gasteiger partial charge in [-0.1, -0.05) is 0 Å². The molecule has 1 unspecified atom stereocenters. The minimum atomic E-state index is -0.0322. The van der Waals surface area contributed by atoms with Gasteiger partial charge < -0.3 is 14.6 Å². The van der Waals surface area contributed by atoms with Crippen molar-refractivity contribution in [3.63, 3.8) is 0 Å². The fourth-order valence-corrected chi connectivity index (χ4v) is 1.79. The Kier molecular flexibility index (Phi) is 2.73. The van der Waals surface area contributed by atoms with Crippen LogP contribution in [-0.2, 0) is 0 Å². The highest BCUT2D eigenvalue weighted by Gasteiger charge is 2.26. The molecule has 2 heterocycles. The minimum absolute atomic E-state index is 0.0322. The largest absolute Gasteiger partial charge is 0.448 e. The lowest BCUT2D eigenvalue weighted by atomic mass is 10.2. The molecule has 1 aromatic heterocycles. The number of rotatable bonds is 1. The maximum Gasteiger partial charge on any atom is 0.276 e. The van der Waals surface area contributed by atoms with Gasteiger partial charge in [0.2, 0.25) is 0 Å². The number of aromatic nitrogens is 1. The summed E-state index contributed by atoms with van der Waals surface area (Å²) in [5, 5.41) is 3.24. The SMILES string of the molecule is Cc1ocnc1C(=O)N1CCNCC1C. The zero-order valence-electron chi connectivity index (χ0n) is 8.99. The van der Waals surface area contributed by atoms with Crippen LogP contribution in [-0.4, -0.2) is 41.5 Å². The Morgan fingerprint density at radius 1 is 1.73 bits per heavy atom. The Morgan fingerprint density at radius 3 is 3.13 bits per heavy atom. The summed E-state index contributed by atoms with van der Waals surface area (Å²) in [5.41, 5.74) is 0.434. The predicted molar refractivity (Wildman–Crippen MR) is 54.6 cm³/mol. The van der Waals surface area contributed by atoms with Crippen LogP contribution in [0.4, 0.5) is 0 Å². The molecular weight excluding hydrogens is 194 g/mol. The standard InChI is InChI=1S/C10H15N3O2/c1-7-5-11-3-4-13(7)10(14)9-8(2)15-6-12-9/h6-7,11H,3-5H2,1-2H3. The molecule has 1 fully saturated rings. The summed E-state index contributed by atoms with van der Waals surface area (Å²) in [7, 11) is 0. The number of piperazine rings is 1. The van der Waals surface area contributed by atoms with E-state index in [0.717, 1.165) is 19.6 Å². The molecule has 0 radical (unpaired) electrons. The van der Waals surface area contributed by atoms with Crippen molar-refractivity contribution in [1.82, 2.24) is 15.2 Å². The molecule has 5 nitrogen and oxygen atoms in total. The minimum Gasteiger partial charge on any atom is -0.448 e. The van der Waals surface area contributed by atoms with Gasteiger partial charge in [-0.05, 0) is 13.8 Å². The molecule has 1 atom stereocenters. The molecule has 0 bridgehead atoms. The number of hydrogen-bond donors (Lipinski definition) is 1. The first kappa shape index (κ1) is 10.2. The molecule has 0 aliphatic carbocycles. The lowest BCUT2D eigenvalue weighted by Gasteiger charge is -2.33. The Balaban J connectivity index is 2.17. The van der Waals surface area contributed by atoms with Crippen molar-refractivity contribution in [3.8, 4) is 0 Å². The van der Waals surface area contributed by atoms with E-state index >= 15 is 0 Å². The van der Waals surface area contributed by atoms with Crippen LogP contribution in [0.5, 0.6) is 0 Å². The van der Waals surface area contributed by atoms with E-state index in [1.165, 1.54) is 6.39 Å². The van der Waals surface area contributed by atoms with Crippen LogP contribution in [0, 0.1) is 6.92 Å². The third-order valence-corrected chi connectivity index (χ3v) is 2.71. The van der Waals surface area contributed by atoms with Gasteiger partial charge in [-0.3, -0.25) is 4.79 Å². The van der Waals surface area contributed by atoms with Crippen LogP contribution in [0.2, 0.25) is 0 Å². The van der Waals surface area contributed by atoms with Crippen LogP contribution in [0.3, 0.4) is 0 Å². The normalized spacial score (nSPS) is 21.7. The quantitative estimate of drug-likeness (QED) is 0.728. The molecule has 0 saturated carbocycles. The summed E-state index contributed by atoms with van der Waals surface area (Å²) < 4.78 is 5.04. The Morgan fingerprint density at radius 2 is 2.53 bits per heavy atom. The molecule has 0 spiro atoms. The van der Waals surface area contributed by atoms with E-state index in [0.29, 0.717) is 11.5 Å². The summed E-state index contributed by atoms with van der Waals surface area (Å²) in [6.45, 7) is 6.19. The number of oxazole rings is 1. The Bertz CT molecular complexity index is 361. The number of carbonyl (C=O) groups is 1. The molecule has 1 aliphatic rings. The maximum absolute atomic E-state index is 12.1. The van der Waals surface area contributed by atoms with Crippen molar-refractivity contribution in [2.75, 3.05) is 19.6 Å². The van der Waals surface area contributed by atoms with E-state index in [-0.39, 0.29) is 11.9 Å². The van der Waals surface area contributed by atoms with Crippen LogP contribution in [0.15, 0.2) is 10.8 Å². The monoisotopic (exact) mass is 209 g/mol.